The van der Waals surface area contributed by atoms with Gasteiger partial charge in [0.05, 0.1) is 4.92 Å². The Morgan fingerprint density at radius 2 is 2.22 bits per heavy atom. The molecule has 0 bridgehead atoms. The van der Waals surface area contributed by atoms with E-state index in [-0.39, 0.29) is 11.7 Å². The van der Waals surface area contributed by atoms with E-state index in [0.717, 1.165) is 12.0 Å². The summed E-state index contributed by atoms with van der Waals surface area (Å²) in [6.45, 7) is 1.95. The second kappa shape index (κ2) is 6.96. The van der Waals surface area contributed by atoms with E-state index in [1.165, 1.54) is 12.1 Å². The number of halogens is 1. The van der Waals surface area contributed by atoms with Crippen LogP contribution in [0.5, 0.6) is 0 Å². The van der Waals surface area contributed by atoms with Gasteiger partial charge in [-0.1, -0.05) is 28.9 Å². The van der Waals surface area contributed by atoms with E-state index in [9.17, 15) is 14.3 Å². The zero-order valence-electron chi connectivity index (χ0n) is 9.97. The molecule has 0 saturated heterocycles. The van der Waals surface area contributed by atoms with Crippen LogP contribution in [0.4, 0.5) is 5.69 Å². The van der Waals surface area contributed by atoms with Crippen LogP contribution in [0.15, 0.2) is 22.7 Å². The summed E-state index contributed by atoms with van der Waals surface area (Å²) in [6.07, 6.45) is 0.785. The summed E-state index contributed by atoms with van der Waals surface area (Å²) in [6, 6.07) is 4.39. The highest BCUT2D eigenvalue weighted by molar-refractivity contribution is 9.10. The second-order valence-corrected chi connectivity index (χ2v) is 6.31. The van der Waals surface area contributed by atoms with Crippen molar-refractivity contribution in [3.63, 3.8) is 0 Å². The molecule has 0 heterocycles. The monoisotopic (exact) mass is 334 g/mol. The number of nitro benzene ring substituents is 1. The molecule has 5 nitrogen and oxygen atoms in total. The van der Waals surface area contributed by atoms with Crippen molar-refractivity contribution in [3.8, 4) is 0 Å². The van der Waals surface area contributed by atoms with Gasteiger partial charge in [0.15, 0.2) is 0 Å². The first kappa shape index (κ1) is 15.3. The number of hydrogen-bond acceptors (Lipinski definition) is 4. The Balaban J connectivity index is 2.74. The van der Waals surface area contributed by atoms with Crippen molar-refractivity contribution in [2.45, 2.75) is 25.1 Å². The number of nitro groups is 1. The molecule has 18 heavy (non-hydrogen) atoms. The zero-order chi connectivity index (χ0) is 13.7. The van der Waals surface area contributed by atoms with Crippen LogP contribution in [-0.2, 0) is 16.6 Å². The summed E-state index contributed by atoms with van der Waals surface area (Å²) in [5, 5.41) is 10.6. The lowest BCUT2D eigenvalue weighted by molar-refractivity contribution is -0.384. The molecule has 1 aromatic rings. The van der Waals surface area contributed by atoms with Gasteiger partial charge in [0.2, 0.25) is 0 Å². The number of rotatable bonds is 6. The lowest BCUT2D eigenvalue weighted by Crippen LogP contribution is -2.26. The minimum Gasteiger partial charge on any atom is -0.327 e. The van der Waals surface area contributed by atoms with Crippen LogP contribution in [0.2, 0.25) is 0 Å². The van der Waals surface area contributed by atoms with Crippen LogP contribution in [-0.4, -0.2) is 20.9 Å². The molecule has 0 aliphatic rings. The van der Waals surface area contributed by atoms with Crippen LogP contribution in [0.25, 0.3) is 0 Å². The quantitative estimate of drug-likeness (QED) is 0.639. The number of hydrogen-bond donors (Lipinski definition) is 1. The van der Waals surface area contributed by atoms with E-state index in [0.29, 0.717) is 16.0 Å². The molecule has 0 aromatic heterocycles. The van der Waals surface area contributed by atoms with E-state index in [1.54, 1.807) is 6.07 Å². The lowest BCUT2D eigenvalue weighted by atomic mass is 10.2. The molecule has 2 unspecified atom stereocenters. The van der Waals surface area contributed by atoms with Gasteiger partial charge < -0.3 is 5.73 Å². The van der Waals surface area contributed by atoms with Crippen molar-refractivity contribution in [2.24, 2.45) is 5.73 Å². The largest absolute Gasteiger partial charge is 0.327 e. The van der Waals surface area contributed by atoms with Crippen LogP contribution in [0.3, 0.4) is 0 Å². The summed E-state index contributed by atoms with van der Waals surface area (Å²) >= 11 is 3.26. The Morgan fingerprint density at radius 3 is 2.72 bits per heavy atom. The molecule has 2 N–H and O–H groups in total. The molecule has 7 heteroatoms. The van der Waals surface area contributed by atoms with E-state index in [4.69, 9.17) is 5.73 Å². The van der Waals surface area contributed by atoms with Crippen molar-refractivity contribution in [2.75, 3.05) is 5.75 Å². The summed E-state index contributed by atoms with van der Waals surface area (Å²) in [5.41, 5.74) is 6.54. The molecule has 0 amide bonds. The number of nitrogens with zero attached hydrogens (tertiary/aromatic N) is 1. The maximum Gasteiger partial charge on any atom is 0.270 e. The molecular formula is C11H15BrN2O3S. The minimum absolute atomic E-state index is 0.0154. The standard InChI is InChI=1S/C11H15BrN2O3S/c1-2-9(13)7-18(17)6-8-3-4-10(14(15)16)5-11(8)12/h3-5,9H,2,6-7,13H2,1H3. The third-order valence-electron chi connectivity index (χ3n) is 2.49. The van der Waals surface area contributed by atoms with Gasteiger partial charge in [-0.15, -0.1) is 0 Å². The molecule has 0 spiro atoms. The van der Waals surface area contributed by atoms with Crippen molar-refractivity contribution < 1.29 is 9.13 Å². The predicted molar refractivity (Wildman–Crippen MR) is 75.8 cm³/mol. The molecule has 100 valence electrons. The summed E-state index contributed by atoms with van der Waals surface area (Å²) in [7, 11) is -1.05. The average molecular weight is 335 g/mol. The van der Waals surface area contributed by atoms with Gasteiger partial charge in [0.25, 0.3) is 5.69 Å². The Morgan fingerprint density at radius 1 is 1.56 bits per heavy atom. The normalized spacial score (nSPS) is 14.2. The number of benzene rings is 1. The van der Waals surface area contributed by atoms with Crippen molar-refractivity contribution >= 4 is 32.4 Å². The Labute approximate surface area is 116 Å². The topological polar surface area (TPSA) is 86.2 Å². The van der Waals surface area contributed by atoms with Crippen LogP contribution >= 0.6 is 15.9 Å². The highest BCUT2D eigenvalue weighted by atomic mass is 79.9. The van der Waals surface area contributed by atoms with Crippen LogP contribution in [0, 0.1) is 10.1 Å². The van der Waals surface area contributed by atoms with E-state index >= 15 is 0 Å². The average Bonchev–Trinajstić information content (AvgIpc) is 2.31. The second-order valence-electron chi connectivity index (χ2n) is 3.95. The van der Waals surface area contributed by atoms with Crippen molar-refractivity contribution in [1.82, 2.24) is 0 Å². The summed E-state index contributed by atoms with van der Waals surface area (Å²) in [4.78, 5) is 10.1. The van der Waals surface area contributed by atoms with Gasteiger partial charge in [-0.2, -0.15) is 0 Å². The third-order valence-corrected chi connectivity index (χ3v) is 4.66. The van der Waals surface area contributed by atoms with Gasteiger partial charge in [-0.05, 0) is 12.0 Å². The van der Waals surface area contributed by atoms with Gasteiger partial charge in [0.1, 0.15) is 0 Å². The van der Waals surface area contributed by atoms with Gasteiger partial charge in [-0.25, -0.2) is 0 Å². The SMILES string of the molecule is CCC(N)CS(=O)Cc1ccc([N+](=O)[O-])cc1Br. The molecule has 2 atom stereocenters. The van der Waals surface area contributed by atoms with Gasteiger partial charge >= 0.3 is 0 Å². The number of non-ortho nitro benzene ring substituents is 1. The third kappa shape index (κ3) is 4.47. The van der Waals surface area contributed by atoms with E-state index in [1.807, 2.05) is 6.92 Å². The Kier molecular flexibility index (Phi) is 5.90. The zero-order valence-corrected chi connectivity index (χ0v) is 12.4. The smallest absolute Gasteiger partial charge is 0.270 e. The maximum atomic E-state index is 11.8. The highest BCUT2D eigenvalue weighted by Crippen LogP contribution is 2.24. The Hall–Kier alpha value is -0.790. The molecule has 1 aromatic carbocycles. The fourth-order valence-corrected chi connectivity index (χ4v) is 3.48. The maximum absolute atomic E-state index is 11.8. The van der Waals surface area contributed by atoms with Crippen molar-refractivity contribution in [3.05, 3.63) is 38.3 Å². The molecule has 1 rings (SSSR count). The number of nitrogens with two attached hydrogens (primary N) is 1. The van der Waals surface area contributed by atoms with Crippen LogP contribution < -0.4 is 5.73 Å². The van der Waals surface area contributed by atoms with E-state index < -0.39 is 15.7 Å². The first-order valence-electron chi connectivity index (χ1n) is 5.47. The van der Waals surface area contributed by atoms with Crippen molar-refractivity contribution in [1.29, 1.82) is 0 Å². The fraction of sp³-hybridized carbons (Fsp3) is 0.455. The summed E-state index contributed by atoms with van der Waals surface area (Å²) in [5.74, 6) is 0.798. The molecular weight excluding hydrogens is 320 g/mol. The lowest BCUT2D eigenvalue weighted by Gasteiger charge is -2.09. The molecule has 0 fully saturated rings. The first-order chi connectivity index (χ1) is 8.43. The van der Waals surface area contributed by atoms with E-state index in [2.05, 4.69) is 15.9 Å². The highest BCUT2D eigenvalue weighted by Gasteiger charge is 2.12. The Bertz CT molecular complexity index is 468. The van der Waals surface area contributed by atoms with Crippen LogP contribution in [0.1, 0.15) is 18.9 Å². The minimum atomic E-state index is -1.05. The first-order valence-corrected chi connectivity index (χ1v) is 7.75. The fourth-order valence-electron chi connectivity index (χ4n) is 1.36. The summed E-state index contributed by atoms with van der Waals surface area (Å²) < 4.78 is 12.4. The van der Waals surface area contributed by atoms with Gasteiger partial charge in [-0.3, -0.25) is 14.3 Å². The van der Waals surface area contributed by atoms with Gasteiger partial charge in [0, 0.05) is 45.0 Å². The molecule has 0 aliphatic carbocycles. The predicted octanol–water partition coefficient (Wildman–Crippen LogP) is 2.34. The molecule has 0 radical (unpaired) electrons. The molecule has 0 saturated carbocycles. The molecule has 0 aliphatic heterocycles.